The van der Waals surface area contributed by atoms with E-state index in [4.69, 9.17) is 9.26 Å². The number of aryl methyl sites for hydroxylation is 2. The van der Waals surface area contributed by atoms with Gasteiger partial charge in [0.25, 0.3) is 0 Å². The van der Waals surface area contributed by atoms with Crippen LogP contribution in [0.5, 0.6) is 0 Å². The SMILES string of the molecule is COCC1(CNCc2c(C)noc2C)CC(O)C(O)C1. The molecule has 0 aromatic carbocycles. The molecular formula is C14H24N2O4. The van der Waals surface area contributed by atoms with Crippen molar-refractivity contribution in [3.8, 4) is 0 Å². The zero-order chi connectivity index (χ0) is 14.8. The lowest BCUT2D eigenvalue weighted by Crippen LogP contribution is -2.36. The van der Waals surface area contributed by atoms with Crippen LogP contribution in [-0.4, -0.2) is 47.8 Å². The van der Waals surface area contributed by atoms with E-state index in [2.05, 4.69) is 10.5 Å². The van der Waals surface area contributed by atoms with Crippen molar-refractivity contribution < 1.29 is 19.5 Å². The van der Waals surface area contributed by atoms with Gasteiger partial charge in [0.2, 0.25) is 0 Å². The lowest BCUT2D eigenvalue weighted by atomic mass is 9.86. The van der Waals surface area contributed by atoms with Gasteiger partial charge in [-0.2, -0.15) is 0 Å². The van der Waals surface area contributed by atoms with Gasteiger partial charge >= 0.3 is 0 Å². The van der Waals surface area contributed by atoms with E-state index in [0.29, 0.717) is 32.5 Å². The Hall–Kier alpha value is -0.950. The number of nitrogens with zero attached hydrogens (tertiary/aromatic N) is 1. The molecule has 0 saturated heterocycles. The molecule has 6 heteroatoms. The average Bonchev–Trinajstić information content (AvgIpc) is 2.84. The summed E-state index contributed by atoms with van der Waals surface area (Å²) in [5.74, 6) is 0.822. The Morgan fingerprint density at radius 2 is 2.00 bits per heavy atom. The average molecular weight is 284 g/mol. The van der Waals surface area contributed by atoms with E-state index in [0.717, 1.165) is 17.0 Å². The van der Waals surface area contributed by atoms with Crippen LogP contribution in [0.25, 0.3) is 0 Å². The van der Waals surface area contributed by atoms with Crippen molar-refractivity contribution in [2.45, 2.75) is 45.4 Å². The number of hydrogen-bond acceptors (Lipinski definition) is 6. The summed E-state index contributed by atoms with van der Waals surface area (Å²) in [5, 5.41) is 26.8. The monoisotopic (exact) mass is 284 g/mol. The van der Waals surface area contributed by atoms with Crippen LogP contribution in [0.4, 0.5) is 0 Å². The number of rotatable bonds is 6. The number of nitrogens with one attached hydrogen (secondary N) is 1. The summed E-state index contributed by atoms with van der Waals surface area (Å²) in [6.07, 6.45) is -0.218. The quantitative estimate of drug-likeness (QED) is 0.706. The second-order valence-electron chi connectivity index (χ2n) is 5.88. The predicted molar refractivity (Wildman–Crippen MR) is 73.2 cm³/mol. The van der Waals surface area contributed by atoms with E-state index in [1.165, 1.54) is 0 Å². The number of aliphatic hydroxyl groups excluding tert-OH is 2. The first-order valence-corrected chi connectivity index (χ1v) is 6.95. The summed E-state index contributed by atoms with van der Waals surface area (Å²) in [6, 6.07) is 0. The van der Waals surface area contributed by atoms with Crippen molar-refractivity contribution >= 4 is 0 Å². The highest BCUT2D eigenvalue weighted by molar-refractivity contribution is 5.20. The second kappa shape index (κ2) is 6.22. The Balaban J connectivity index is 1.94. The molecule has 1 aliphatic rings. The predicted octanol–water partition coefficient (Wildman–Crippen LogP) is 0.529. The molecule has 1 aromatic heterocycles. The zero-order valence-electron chi connectivity index (χ0n) is 12.3. The summed E-state index contributed by atoms with van der Waals surface area (Å²) in [7, 11) is 1.65. The first-order chi connectivity index (χ1) is 9.47. The Morgan fingerprint density at radius 1 is 1.35 bits per heavy atom. The molecule has 1 fully saturated rings. The van der Waals surface area contributed by atoms with Crippen LogP contribution in [0.3, 0.4) is 0 Å². The fraction of sp³-hybridized carbons (Fsp3) is 0.786. The van der Waals surface area contributed by atoms with Gasteiger partial charge in [-0.1, -0.05) is 5.16 Å². The third kappa shape index (κ3) is 3.20. The van der Waals surface area contributed by atoms with Gasteiger partial charge in [-0.25, -0.2) is 0 Å². The second-order valence-corrected chi connectivity index (χ2v) is 5.88. The third-order valence-corrected chi connectivity index (χ3v) is 4.16. The van der Waals surface area contributed by atoms with Crippen molar-refractivity contribution in [3.05, 3.63) is 17.0 Å². The van der Waals surface area contributed by atoms with Gasteiger partial charge in [-0.3, -0.25) is 0 Å². The van der Waals surface area contributed by atoms with Gasteiger partial charge in [0, 0.05) is 31.2 Å². The molecule has 0 aliphatic heterocycles. The van der Waals surface area contributed by atoms with Gasteiger partial charge in [0.05, 0.1) is 24.5 Å². The van der Waals surface area contributed by atoms with E-state index in [-0.39, 0.29) is 5.41 Å². The van der Waals surface area contributed by atoms with Crippen LogP contribution < -0.4 is 5.32 Å². The molecule has 6 nitrogen and oxygen atoms in total. The fourth-order valence-corrected chi connectivity index (χ4v) is 3.07. The summed E-state index contributed by atoms with van der Waals surface area (Å²) in [4.78, 5) is 0. The summed E-state index contributed by atoms with van der Waals surface area (Å²) in [6.45, 7) is 5.68. The molecule has 114 valence electrons. The number of aromatic nitrogens is 1. The maximum atomic E-state index is 9.77. The zero-order valence-corrected chi connectivity index (χ0v) is 12.3. The first-order valence-electron chi connectivity index (χ1n) is 6.95. The normalized spacial score (nSPS) is 30.1. The van der Waals surface area contributed by atoms with Crippen LogP contribution in [-0.2, 0) is 11.3 Å². The van der Waals surface area contributed by atoms with Crippen molar-refractivity contribution in [1.29, 1.82) is 0 Å². The largest absolute Gasteiger partial charge is 0.390 e. The molecule has 1 aliphatic carbocycles. The lowest BCUT2D eigenvalue weighted by Gasteiger charge is -2.28. The highest BCUT2D eigenvalue weighted by atomic mass is 16.5. The number of aliphatic hydroxyl groups is 2. The van der Waals surface area contributed by atoms with Gasteiger partial charge in [0.1, 0.15) is 5.76 Å². The Bertz CT molecular complexity index is 417. The molecule has 1 saturated carbocycles. The lowest BCUT2D eigenvalue weighted by molar-refractivity contribution is 0.0438. The Labute approximate surface area is 119 Å². The van der Waals surface area contributed by atoms with E-state index >= 15 is 0 Å². The maximum Gasteiger partial charge on any atom is 0.138 e. The minimum Gasteiger partial charge on any atom is -0.390 e. The Morgan fingerprint density at radius 3 is 2.50 bits per heavy atom. The van der Waals surface area contributed by atoms with Crippen LogP contribution >= 0.6 is 0 Å². The maximum absolute atomic E-state index is 9.77. The molecule has 0 bridgehead atoms. The molecule has 0 radical (unpaired) electrons. The third-order valence-electron chi connectivity index (χ3n) is 4.16. The molecule has 2 unspecified atom stereocenters. The van der Waals surface area contributed by atoms with Crippen LogP contribution in [0.2, 0.25) is 0 Å². The number of methoxy groups -OCH3 is 1. The van der Waals surface area contributed by atoms with Gasteiger partial charge in [0.15, 0.2) is 0 Å². The summed E-state index contributed by atoms with van der Waals surface area (Å²) < 4.78 is 10.4. The van der Waals surface area contributed by atoms with Crippen molar-refractivity contribution in [2.24, 2.45) is 5.41 Å². The van der Waals surface area contributed by atoms with E-state index in [1.807, 2.05) is 13.8 Å². The Kier molecular flexibility index (Phi) is 4.80. The van der Waals surface area contributed by atoms with Crippen molar-refractivity contribution in [3.63, 3.8) is 0 Å². The summed E-state index contributed by atoms with van der Waals surface area (Å²) in [5.41, 5.74) is 1.74. The molecule has 1 aromatic rings. The first kappa shape index (κ1) is 15.4. The number of ether oxygens (including phenoxy) is 1. The number of hydrogen-bond donors (Lipinski definition) is 3. The molecule has 0 spiro atoms. The minimum atomic E-state index is -0.661. The highest BCUT2D eigenvalue weighted by Crippen LogP contribution is 2.38. The minimum absolute atomic E-state index is 0.216. The van der Waals surface area contributed by atoms with Gasteiger partial charge in [-0.15, -0.1) is 0 Å². The smallest absolute Gasteiger partial charge is 0.138 e. The van der Waals surface area contributed by atoms with Crippen LogP contribution in [0, 0.1) is 19.3 Å². The topological polar surface area (TPSA) is 87.8 Å². The molecule has 1 heterocycles. The van der Waals surface area contributed by atoms with Crippen LogP contribution in [0.1, 0.15) is 29.9 Å². The molecular weight excluding hydrogens is 260 g/mol. The van der Waals surface area contributed by atoms with Crippen LogP contribution in [0.15, 0.2) is 4.52 Å². The summed E-state index contributed by atoms with van der Waals surface area (Å²) >= 11 is 0. The highest BCUT2D eigenvalue weighted by Gasteiger charge is 2.43. The molecule has 20 heavy (non-hydrogen) atoms. The van der Waals surface area contributed by atoms with E-state index < -0.39 is 12.2 Å². The molecule has 3 N–H and O–H groups in total. The fourth-order valence-electron chi connectivity index (χ4n) is 3.07. The standard InChI is InChI=1S/C14H24N2O4/c1-9-11(10(2)20-16-9)6-15-7-14(8-19-3)4-12(17)13(18)5-14/h12-13,15,17-18H,4-8H2,1-3H3. The van der Waals surface area contributed by atoms with E-state index in [9.17, 15) is 10.2 Å². The van der Waals surface area contributed by atoms with Gasteiger partial charge < -0.3 is 24.8 Å². The van der Waals surface area contributed by atoms with E-state index in [1.54, 1.807) is 7.11 Å². The van der Waals surface area contributed by atoms with Gasteiger partial charge in [-0.05, 0) is 26.7 Å². The molecule has 2 rings (SSSR count). The van der Waals surface area contributed by atoms with Crippen molar-refractivity contribution in [2.75, 3.05) is 20.3 Å². The molecule has 0 amide bonds. The van der Waals surface area contributed by atoms with Crippen molar-refractivity contribution in [1.82, 2.24) is 10.5 Å². The molecule has 2 atom stereocenters.